The van der Waals surface area contributed by atoms with E-state index in [-0.39, 0.29) is 12.4 Å². The van der Waals surface area contributed by atoms with E-state index >= 15 is 0 Å². The molecule has 0 aliphatic heterocycles. The summed E-state index contributed by atoms with van der Waals surface area (Å²) in [6, 6.07) is 15.0. The molecule has 0 saturated heterocycles. The number of anilines is 3. The lowest BCUT2D eigenvalue weighted by molar-refractivity contribution is 0.592. The molecule has 0 fully saturated rings. The lowest BCUT2D eigenvalue weighted by Gasteiger charge is -2.06. The van der Waals surface area contributed by atoms with Gasteiger partial charge in [-0.05, 0) is 35.7 Å². The first-order chi connectivity index (χ1) is 13.0. The minimum absolute atomic E-state index is 0. The zero-order valence-electron chi connectivity index (χ0n) is 14.8. The van der Waals surface area contributed by atoms with Crippen LogP contribution in [0.5, 0.6) is 0 Å². The molecule has 9 heteroatoms. The molecule has 0 radical (unpaired) electrons. The highest BCUT2D eigenvalue weighted by molar-refractivity contribution is 7.92. The zero-order valence-corrected chi connectivity index (χ0v) is 16.4. The first-order valence-corrected chi connectivity index (χ1v) is 10.0. The summed E-state index contributed by atoms with van der Waals surface area (Å²) in [7, 11) is -3.34. The Balaban J connectivity index is 0.00000225. The van der Waals surface area contributed by atoms with Crippen LogP contribution in [0.4, 0.5) is 17.4 Å². The number of oxazole rings is 1. The van der Waals surface area contributed by atoms with Crippen LogP contribution in [-0.2, 0) is 10.0 Å². The molecule has 2 aromatic carbocycles. The van der Waals surface area contributed by atoms with E-state index in [1.54, 1.807) is 36.7 Å². The Morgan fingerprint density at radius 1 is 0.964 bits per heavy atom. The number of halogens is 1. The quantitative estimate of drug-likeness (QED) is 0.499. The molecular weight excluding hydrogens is 400 g/mol. The lowest BCUT2D eigenvalue weighted by atomic mass is 10.1. The van der Waals surface area contributed by atoms with Gasteiger partial charge in [-0.2, -0.15) is 0 Å². The highest BCUT2D eigenvalue weighted by atomic mass is 35.5. The molecule has 0 aliphatic rings. The van der Waals surface area contributed by atoms with Crippen LogP contribution in [0.15, 0.2) is 71.5 Å². The fourth-order valence-corrected chi connectivity index (χ4v) is 3.26. The van der Waals surface area contributed by atoms with Crippen molar-refractivity contribution >= 4 is 50.6 Å². The van der Waals surface area contributed by atoms with Gasteiger partial charge >= 0.3 is 0 Å². The van der Waals surface area contributed by atoms with E-state index < -0.39 is 10.0 Å². The monoisotopic (exact) mass is 416 g/mol. The molecule has 144 valence electrons. The van der Waals surface area contributed by atoms with Crippen molar-refractivity contribution in [3.63, 3.8) is 0 Å². The normalized spacial score (nSPS) is 11.0. The van der Waals surface area contributed by atoms with Crippen molar-refractivity contribution in [2.45, 2.75) is 0 Å². The standard InChI is InChI=1S/C19H16N4O3S.ClH/c1-27(24,25)23-17-4-2-3-16(10-17)22-19-21-12-18(26-19)14-5-6-15-11-20-8-7-13(15)9-14;/h2-12,23H,1H3,(H,21,22);1H. The van der Waals surface area contributed by atoms with Crippen LogP contribution in [-0.4, -0.2) is 24.6 Å². The van der Waals surface area contributed by atoms with Crippen molar-refractivity contribution in [3.8, 4) is 11.3 Å². The summed E-state index contributed by atoms with van der Waals surface area (Å²) in [5.74, 6) is 0.627. The summed E-state index contributed by atoms with van der Waals surface area (Å²) in [6.45, 7) is 0. The number of benzene rings is 2. The van der Waals surface area contributed by atoms with Gasteiger partial charge in [0.15, 0.2) is 5.76 Å². The maximum atomic E-state index is 11.4. The number of fused-ring (bicyclic) bond motifs is 1. The predicted octanol–water partition coefficient (Wildman–Crippen LogP) is 4.43. The zero-order chi connectivity index (χ0) is 18.9. The minimum Gasteiger partial charge on any atom is -0.423 e. The lowest BCUT2D eigenvalue weighted by Crippen LogP contribution is -2.09. The molecule has 0 aliphatic carbocycles. The number of pyridine rings is 1. The van der Waals surface area contributed by atoms with Crippen molar-refractivity contribution < 1.29 is 12.8 Å². The summed E-state index contributed by atoms with van der Waals surface area (Å²) in [4.78, 5) is 8.35. The highest BCUT2D eigenvalue weighted by Crippen LogP contribution is 2.27. The van der Waals surface area contributed by atoms with Gasteiger partial charge in [0.1, 0.15) is 0 Å². The second-order valence-electron chi connectivity index (χ2n) is 6.05. The SMILES string of the molecule is CS(=O)(=O)Nc1cccc(Nc2ncc(-c3ccc4cnccc4c3)o2)c1.Cl. The largest absolute Gasteiger partial charge is 0.423 e. The summed E-state index contributed by atoms with van der Waals surface area (Å²) < 4.78 is 30.9. The molecule has 28 heavy (non-hydrogen) atoms. The van der Waals surface area contributed by atoms with E-state index in [2.05, 4.69) is 20.0 Å². The smallest absolute Gasteiger partial charge is 0.299 e. The molecular formula is C19H17ClN4O3S. The molecule has 4 aromatic rings. The fraction of sp³-hybridized carbons (Fsp3) is 0.0526. The molecule has 2 N–H and O–H groups in total. The van der Waals surface area contributed by atoms with Crippen LogP contribution < -0.4 is 10.0 Å². The fourth-order valence-electron chi connectivity index (χ4n) is 2.70. The van der Waals surface area contributed by atoms with Gasteiger partial charge in [-0.25, -0.2) is 13.4 Å². The van der Waals surface area contributed by atoms with Gasteiger partial charge in [0, 0.05) is 29.0 Å². The molecule has 0 unspecified atom stereocenters. The van der Waals surface area contributed by atoms with Crippen LogP contribution in [0.1, 0.15) is 0 Å². The molecule has 0 atom stereocenters. The van der Waals surface area contributed by atoms with Crippen LogP contribution >= 0.6 is 12.4 Å². The van der Waals surface area contributed by atoms with Crippen molar-refractivity contribution in [3.05, 3.63) is 67.1 Å². The summed E-state index contributed by atoms with van der Waals surface area (Å²) >= 11 is 0. The van der Waals surface area contributed by atoms with Gasteiger partial charge in [-0.15, -0.1) is 12.4 Å². The molecule has 0 bridgehead atoms. The summed E-state index contributed by atoms with van der Waals surface area (Å²) in [5.41, 5.74) is 2.01. The summed E-state index contributed by atoms with van der Waals surface area (Å²) in [6.07, 6.45) is 6.30. The second-order valence-corrected chi connectivity index (χ2v) is 7.80. The van der Waals surface area contributed by atoms with Crippen molar-refractivity contribution in [1.29, 1.82) is 0 Å². The average Bonchev–Trinajstić information content (AvgIpc) is 3.08. The molecule has 4 rings (SSSR count). The van der Waals surface area contributed by atoms with E-state index in [1.165, 1.54) is 0 Å². The third-order valence-corrected chi connectivity index (χ3v) is 4.45. The van der Waals surface area contributed by atoms with Crippen LogP contribution in [0.2, 0.25) is 0 Å². The predicted molar refractivity (Wildman–Crippen MR) is 113 cm³/mol. The third-order valence-electron chi connectivity index (χ3n) is 3.85. The van der Waals surface area contributed by atoms with Gasteiger partial charge in [0.2, 0.25) is 10.0 Å². The van der Waals surface area contributed by atoms with Crippen molar-refractivity contribution in [2.24, 2.45) is 0 Å². The van der Waals surface area contributed by atoms with Gasteiger partial charge in [0.25, 0.3) is 6.01 Å². The molecule has 2 heterocycles. The Morgan fingerprint density at radius 2 is 1.79 bits per heavy atom. The Hall–Kier alpha value is -3.10. The average molecular weight is 417 g/mol. The number of hydrogen-bond donors (Lipinski definition) is 2. The topological polar surface area (TPSA) is 97.1 Å². The van der Waals surface area contributed by atoms with Crippen molar-refractivity contribution in [1.82, 2.24) is 9.97 Å². The highest BCUT2D eigenvalue weighted by Gasteiger charge is 2.09. The maximum Gasteiger partial charge on any atom is 0.299 e. The first kappa shape index (κ1) is 19.7. The van der Waals surface area contributed by atoms with E-state index in [9.17, 15) is 8.42 Å². The Morgan fingerprint density at radius 3 is 2.61 bits per heavy atom. The number of sulfonamides is 1. The Bertz CT molecular complexity index is 1220. The van der Waals surface area contributed by atoms with Crippen LogP contribution in [0.25, 0.3) is 22.1 Å². The Kier molecular flexibility index (Phi) is 5.53. The van der Waals surface area contributed by atoms with Crippen molar-refractivity contribution in [2.75, 3.05) is 16.3 Å². The second kappa shape index (κ2) is 7.87. The van der Waals surface area contributed by atoms with Gasteiger partial charge < -0.3 is 9.73 Å². The molecule has 0 saturated carbocycles. The number of rotatable bonds is 5. The maximum absolute atomic E-state index is 11.4. The minimum atomic E-state index is -3.34. The first-order valence-electron chi connectivity index (χ1n) is 8.11. The van der Waals surface area contributed by atoms with E-state index in [1.807, 2.05) is 30.5 Å². The molecule has 7 nitrogen and oxygen atoms in total. The van der Waals surface area contributed by atoms with Gasteiger partial charge in [-0.1, -0.05) is 18.2 Å². The number of hydrogen-bond acceptors (Lipinski definition) is 6. The van der Waals surface area contributed by atoms with E-state index in [0.29, 0.717) is 23.1 Å². The number of nitrogens with one attached hydrogen (secondary N) is 2. The molecule has 2 aromatic heterocycles. The molecule has 0 spiro atoms. The van der Waals surface area contributed by atoms with E-state index in [0.717, 1.165) is 22.6 Å². The van der Waals surface area contributed by atoms with Crippen LogP contribution in [0.3, 0.4) is 0 Å². The Labute approximate surface area is 168 Å². The summed E-state index contributed by atoms with van der Waals surface area (Å²) in [5, 5.41) is 5.15. The third kappa shape index (κ3) is 4.59. The number of nitrogens with zero attached hydrogens (tertiary/aromatic N) is 2. The van der Waals surface area contributed by atoms with Crippen LogP contribution in [0, 0.1) is 0 Å². The van der Waals surface area contributed by atoms with Gasteiger partial charge in [-0.3, -0.25) is 9.71 Å². The van der Waals surface area contributed by atoms with Gasteiger partial charge in [0.05, 0.1) is 18.1 Å². The van der Waals surface area contributed by atoms with E-state index in [4.69, 9.17) is 4.42 Å². The number of aromatic nitrogens is 2. The molecule has 0 amide bonds.